The van der Waals surface area contributed by atoms with Gasteiger partial charge in [0.15, 0.2) is 17.5 Å². The first-order chi connectivity index (χ1) is 14.1. The van der Waals surface area contributed by atoms with Crippen LogP contribution in [0.3, 0.4) is 0 Å². The molecule has 4 rings (SSSR count). The number of nitrogens with two attached hydrogens (primary N) is 1. The zero-order valence-corrected chi connectivity index (χ0v) is 15.5. The van der Waals surface area contributed by atoms with Gasteiger partial charge in [0.25, 0.3) is 0 Å². The van der Waals surface area contributed by atoms with Crippen molar-refractivity contribution in [2.24, 2.45) is 5.73 Å². The molecule has 3 atom stereocenters. The van der Waals surface area contributed by atoms with Crippen molar-refractivity contribution in [3.8, 4) is 0 Å². The number of carbonyl (C=O) groups excluding carboxylic acids is 1. The van der Waals surface area contributed by atoms with Gasteiger partial charge in [-0.2, -0.15) is 13.2 Å². The van der Waals surface area contributed by atoms with Crippen LogP contribution in [-0.2, 0) is 23.9 Å². The highest BCUT2D eigenvalue weighted by atomic mass is 19.4. The fraction of sp³-hybridized carbons (Fsp3) is 0.500. The molecule has 2 aromatic rings. The van der Waals surface area contributed by atoms with Gasteiger partial charge in [-0.1, -0.05) is 0 Å². The summed E-state index contributed by atoms with van der Waals surface area (Å²) in [6.07, 6.45) is -4.13. The molecule has 2 N–H and O–H groups in total. The van der Waals surface area contributed by atoms with Crippen LogP contribution in [0.1, 0.15) is 42.5 Å². The van der Waals surface area contributed by atoms with Crippen LogP contribution in [0.5, 0.6) is 0 Å². The largest absolute Gasteiger partial charge is 0.451 e. The number of rotatable bonds is 4. The Morgan fingerprint density at radius 1 is 1.13 bits per heavy atom. The minimum Gasteiger partial charge on any atom is -0.328 e. The highest BCUT2D eigenvalue weighted by Crippen LogP contribution is 2.43. The molecule has 0 spiro atoms. The third kappa shape index (κ3) is 3.53. The summed E-state index contributed by atoms with van der Waals surface area (Å²) >= 11 is 0. The van der Waals surface area contributed by atoms with Crippen molar-refractivity contribution < 1.29 is 31.1 Å². The van der Waals surface area contributed by atoms with Crippen LogP contribution in [0.4, 0.5) is 26.3 Å². The predicted octanol–water partition coefficient (Wildman–Crippen LogP) is 2.72. The number of carbonyl (C=O) groups is 1. The molecule has 2 aliphatic heterocycles. The van der Waals surface area contributed by atoms with Crippen molar-refractivity contribution in [3.63, 3.8) is 0 Å². The quantitative estimate of drug-likeness (QED) is 0.594. The van der Waals surface area contributed by atoms with Crippen molar-refractivity contribution in [1.29, 1.82) is 0 Å². The van der Waals surface area contributed by atoms with Crippen LogP contribution in [0.15, 0.2) is 12.1 Å². The summed E-state index contributed by atoms with van der Waals surface area (Å²) in [5.41, 5.74) is 5.76. The lowest BCUT2D eigenvalue weighted by atomic mass is 10.0. The van der Waals surface area contributed by atoms with E-state index in [0.29, 0.717) is 25.0 Å². The van der Waals surface area contributed by atoms with Crippen molar-refractivity contribution >= 4 is 5.91 Å². The first kappa shape index (κ1) is 20.6. The van der Waals surface area contributed by atoms with Gasteiger partial charge in [0, 0.05) is 25.1 Å². The zero-order valence-electron chi connectivity index (χ0n) is 15.5. The third-order valence-electron chi connectivity index (χ3n) is 5.52. The molecule has 2 aliphatic rings. The standard InChI is InChI=1S/C18H17F6N5O/c19-11-6-13(21)12(20)4-8(11)3-9(25)5-15(30)29-10-1-2-14(29)16-26-27-17(18(22,23)24)28(16)7-10/h4,6,9-10,14H,1-3,5,7,25H2/t9-,10+,14+/m1/s1. The topological polar surface area (TPSA) is 77.0 Å². The number of hydrogen-bond donors (Lipinski definition) is 1. The summed E-state index contributed by atoms with van der Waals surface area (Å²) in [6.45, 7) is -0.0769. The van der Waals surface area contributed by atoms with Gasteiger partial charge in [0.05, 0.1) is 12.1 Å². The van der Waals surface area contributed by atoms with E-state index in [1.54, 1.807) is 0 Å². The van der Waals surface area contributed by atoms with Crippen molar-refractivity contribution in [3.05, 3.63) is 46.8 Å². The van der Waals surface area contributed by atoms with Crippen LogP contribution in [0.2, 0.25) is 0 Å². The second kappa shape index (κ2) is 7.25. The Kier molecular flexibility index (Phi) is 4.99. The lowest BCUT2D eigenvalue weighted by Gasteiger charge is -2.36. The minimum atomic E-state index is -4.65. The van der Waals surface area contributed by atoms with Gasteiger partial charge < -0.3 is 15.2 Å². The van der Waals surface area contributed by atoms with Crippen LogP contribution in [-0.4, -0.2) is 37.7 Å². The minimum absolute atomic E-state index is 0.0737. The van der Waals surface area contributed by atoms with E-state index in [1.807, 2.05) is 0 Å². The molecule has 0 saturated carbocycles. The van der Waals surface area contributed by atoms with Gasteiger partial charge in [0.1, 0.15) is 5.82 Å². The number of benzene rings is 1. The van der Waals surface area contributed by atoms with Gasteiger partial charge >= 0.3 is 6.18 Å². The Labute approximate surface area is 166 Å². The maximum atomic E-state index is 13.8. The maximum Gasteiger partial charge on any atom is 0.451 e. The molecule has 12 heteroatoms. The predicted molar refractivity (Wildman–Crippen MR) is 90.2 cm³/mol. The maximum absolute atomic E-state index is 13.8. The fourth-order valence-corrected chi connectivity index (χ4v) is 4.26. The SMILES string of the molecule is N[C@@H](CC(=O)N1[C@H]2CC[C@H]1c1nnc(C(F)(F)F)n1C2)Cc1cc(F)c(F)cc1F. The number of fused-ring (bicyclic) bond motifs is 4. The van der Waals surface area contributed by atoms with E-state index in [4.69, 9.17) is 5.73 Å². The number of halogens is 6. The van der Waals surface area contributed by atoms with Crippen LogP contribution in [0, 0.1) is 17.5 Å². The molecule has 3 heterocycles. The molecular weight excluding hydrogens is 416 g/mol. The van der Waals surface area contributed by atoms with Gasteiger partial charge in [-0.05, 0) is 30.9 Å². The number of hydrogen-bond acceptors (Lipinski definition) is 4. The lowest BCUT2D eigenvalue weighted by molar-refractivity contribution is -0.148. The summed E-state index contributed by atoms with van der Waals surface area (Å²) in [4.78, 5) is 14.3. The summed E-state index contributed by atoms with van der Waals surface area (Å²) in [5.74, 6) is -4.95. The zero-order chi connectivity index (χ0) is 21.8. The second-order valence-electron chi connectivity index (χ2n) is 7.56. The Bertz CT molecular complexity index is 990. The summed E-state index contributed by atoms with van der Waals surface area (Å²) in [5, 5.41) is 6.89. The summed E-state index contributed by atoms with van der Waals surface area (Å²) in [7, 11) is 0. The Morgan fingerprint density at radius 2 is 1.83 bits per heavy atom. The fourth-order valence-electron chi connectivity index (χ4n) is 4.26. The highest BCUT2D eigenvalue weighted by molar-refractivity contribution is 5.78. The molecule has 1 aromatic heterocycles. The van der Waals surface area contributed by atoms with Crippen LogP contribution >= 0.6 is 0 Å². The number of amides is 1. The smallest absolute Gasteiger partial charge is 0.328 e. The normalized spacial score (nSPS) is 21.6. The van der Waals surface area contributed by atoms with E-state index < -0.39 is 53.5 Å². The number of nitrogens with zero attached hydrogens (tertiary/aromatic N) is 4. The first-order valence-corrected chi connectivity index (χ1v) is 9.26. The van der Waals surface area contributed by atoms with E-state index in [9.17, 15) is 31.1 Å². The molecule has 0 radical (unpaired) electrons. The molecular formula is C18H17F6N5O. The van der Waals surface area contributed by atoms with E-state index in [0.717, 1.165) is 4.57 Å². The Balaban J connectivity index is 1.48. The lowest BCUT2D eigenvalue weighted by Crippen LogP contribution is -2.46. The van der Waals surface area contributed by atoms with E-state index in [-0.39, 0.29) is 30.8 Å². The number of aromatic nitrogens is 3. The van der Waals surface area contributed by atoms with Gasteiger partial charge in [-0.15, -0.1) is 10.2 Å². The molecule has 1 amide bonds. The van der Waals surface area contributed by atoms with E-state index in [2.05, 4.69) is 10.2 Å². The van der Waals surface area contributed by atoms with Crippen LogP contribution in [0.25, 0.3) is 0 Å². The van der Waals surface area contributed by atoms with Crippen LogP contribution < -0.4 is 5.73 Å². The Hall–Kier alpha value is -2.63. The Morgan fingerprint density at radius 3 is 2.53 bits per heavy atom. The molecule has 1 saturated heterocycles. The summed E-state index contributed by atoms with van der Waals surface area (Å²) in [6, 6.07) is -0.885. The van der Waals surface area contributed by atoms with Gasteiger partial charge in [-0.25, -0.2) is 13.2 Å². The first-order valence-electron chi connectivity index (χ1n) is 9.26. The van der Waals surface area contributed by atoms with Crippen molar-refractivity contribution in [2.75, 3.05) is 0 Å². The average Bonchev–Trinajstić information content (AvgIpc) is 3.21. The number of alkyl halides is 3. The summed E-state index contributed by atoms with van der Waals surface area (Å²) < 4.78 is 80.5. The molecule has 162 valence electrons. The van der Waals surface area contributed by atoms with Gasteiger partial charge in [0.2, 0.25) is 11.7 Å². The molecule has 6 nitrogen and oxygen atoms in total. The van der Waals surface area contributed by atoms with Gasteiger partial charge in [-0.3, -0.25) is 4.79 Å². The molecule has 0 aliphatic carbocycles. The van der Waals surface area contributed by atoms with Crippen molar-refractivity contribution in [1.82, 2.24) is 19.7 Å². The second-order valence-corrected chi connectivity index (χ2v) is 7.56. The van der Waals surface area contributed by atoms with Crippen molar-refractivity contribution in [2.45, 2.75) is 56.5 Å². The molecule has 1 fully saturated rings. The molecule has 2 bridgehead atoms. The van der Waals surface area contributed by atoms with E-state index in [1.165, 1.54) is 4.90 Å². The van der Waals surface area contributed by atoms with E-state index >= 15 is 0 Å². The average molecular weight is 433 g/mol. The molecule has 0 unspecified atom stereocenters. The monoisotopic (exact) mass is 433 g/mol. The highest BCUT2D eigenvalue weighted by Gasteiger charge is 2.48. The molecule has 30 heavy (non-hydrogen) atoms. The third-order valence-corrected chi connectivity index (χ3v) is 5.52. The molecule has 1 aromatic carbocycles.